The average Bonchev–Trinajstić information content (AvgIpc) is 3.02. The number of aromatic nitrogens is 1. The second kappa shape index (κ2) is 9.21. The van der Waals surface area contributed by atoms with Crippen LogP contribution in [0, 0.1) is 13.8 Å². The molecule has 7 heteroatoms. The molecule has 1 aromatic carbocycles. The summed E-state index contributed by atoms with van der Waals surface area (Å²) in [5.41, 5.74) is 8.30. The maximum absolute atomic E-state index is 12.3. The van der Waals surface area contributed by atoms with Crippen molar-refractivity contribution in [2.24, 2.45) is 5.73 Å². The zero-order chi connectivity index (χ0) is 17.2. The number of hydrogen-bond donors (Lipinski definition) is 2. The summed E-state index contributed by atoms with van der Waals surface area (Å²) < 4.78 is 5.82. The molecule has 0 saturated heterocycles. The van der Waals surface area contributed by atoms with Gasteiger partial charge in [-0.1, -0.05) is 25.0 Å². The Morgan fingerprint density at radius 3 is 2.46 bits per heavy atom. The molecule has 1 aromatic heterocycles. The molecular weight excluding hydrogens is 373 g/mol. The number of hydrogen-bond acceptors (Lipinski definition) is 4. The van der Waals surface area contributed by atoms with Crippen molar-refractivity contribution in [3.8, 4) is 11.6 Å². The van der Waals surface area contributed by atoms with Crippen LogP contribution >= 0.6 is 24.8 Å². The predicted molar refractivity (Wildman–Crippen MR) is 109 cm³/mol. The third-order valence-electron chi connectivity index (χ3n) is 4.71. The van der Waals surface area contributed by atoms with E-state index < -0.39 is 5.54 Å². The Morgan fingerprint density at radius 1 is 1.15 bits per heavy atom. The maximum atomic E-state index is 12.3. The highest BCUT2D eigenvalue weighted by Gasteiger charge is 2.36. The Hall–Kier alpha value is -1.82. The molecule has 0 unspecified atom stereocenters. The molecule has 26 heavy (non-hydrogen) atoms. The molecular formula is C19H25Cl2N3O2. The number of amides is 1. The number of anilines is 1. The molecule has 1 heterocycles. The number of nitrogens with zero attached hydrogens (tertiary/aromatic N) is 1. The van der Waals surface area contributed by atoms with E-state index in [1.807, 2.05) is 32.0 Å². The van der Waals surface area contributed by atoms with E-state index in [2.05, 4.69) is 10.3 Å². The molecule has 0 bridgehead atoms. The van der Waals surface area contributed by atoms with Crippen LogP contribution in [0.1, 0.15) is 36.8 Å². The standard InChI is InChI=1S/C19H23N3O2.2ClH/c1-13-6-5-7-16(14(13)2)24-17-9-8-15(12-21-17)22-18(23)19(20)10-3-4-11-19;;/h5-9,12H,3-4,10-11,20H2,1-2H3,(H,22,23);2*1H. The maximum Gasteiger partial charge on any atom is 0.244 e. The van der Waals surface area contributed by atoms with Crippen LogP contribution in [0.4, 0.5) is 5.69 Å². The molecule has 142 valence electrons. The summed E-state index contributed by atoms with van der Waals surface area (Å²) in [6, 6.07) is 9.44. The van der Waals surface area contributed by atoms with Crippen molar-refractivity contribution in [2.45, 2.75) is 45.1 Å². The molecule has 0 radical (unpaired) electrons. The van der Waals surface area contributed by atoms with E-state index >= 15 is 0 Å². The zero-order valence-electron chi connectivity index (χ0n) is 15.0. The van der Waals surface area contributed by atoms with E-state index in [9.17, 15) is 4.79 Å². The lowest BCUT2D eigenvalue weighted by Crippen LogP contribution is -2.48. The van der Waals surface area contributed by atoms with Gasteiger partial charge in [-0.25, -0.2) is 4.98 Å². The van der Waals surface area contributed by atoms with E-state index in [1.165, 1.54) is 5.56 Å². The largest absolute Gasteiger partial charge is 0.439 e. The summed E-state index contributed by atoms with van der Waals surface area (Å²) in [6.45, 7) is 4.06. The summed E-state index contributed by atoms with van der Waals surface area (Å²) in [5, 5.41) is 2.85. The van der Waals surface area contributed by atoms with Crippen LogP contribution in [0.25, 0.3) is 0 Å². The number of nitrogens with one attached hydrogen (secondary N) is 1. The summed E-state index contributed by atoms with van der Waals surface area (Å²) in [7, 11) is 0. The Kier molecular flexibility index (Phi) is 7.87. The van der Waals surface area contributed by atoms with E-state index in [0.717, 1.165) is 37.0 Å². The van der Waals surface area contributed by atoms with E-state index in [1.54, 1.807) is 18.3 Å². The summed E-state index contributed by atoms with van der Waals surface area (Å²) >= 11 is 0. The fourth-order valence-corrected chi connectivity index (χ4v) is 2.95. The van der Waals surface area contributed by atoms with Gasteiger partial charge >= 0.3 is 0 Å². The fraction of sp³-hybridized carbons (Fsp3) is 0.368. The van der Waals surface area contributed by atoms with E-state index in [0.29, 0.717) is 11.6 Å². The predicted octanol–water partition coefficient (Wildman–Crippen LogP) is 4.54. The highest BCUT2D eigenvalue weighted by molar-refractivity contribution is 5.98. The lowest BCUT2D eigenvalue weighted by Gasteiger charge is -2.22. The van der Waals surface area contributed by atoms with Gasteiger partial charge in [-0.2, -0.15) is 0 Å². The van der Waals surface area contributed by atoms with Gasteiger partial charge < -0.3 is 15.8 Å². The van der Waals surface area contributed by atoms with Crippen molar-refractivity contribution < 1.29 is 9.53 Å². The third kappa shape index (κ3) is 4.87. The van der Waals surface area contributed by atoms with Crippen molar-refractivity contribution in [2.75, 3.05) is 5.32 Å². The van der Waals surface area contributed by atoms with Gasteiger partial charge in [-0.05, 0) is 49.9 Å². The molecule has 3 rings (SSSR count). The normalized spacial score (nSPS) is 14.7. The first kappa shape index (κ1) is 22.2. The molecule has 1 aliphatic carbocycles. The molecule has 0 aliphatic heterocycles. The highest BCUT2D eigenvalue weighted by atomic mass is 35.5. The summed E-state index contributed by atoms with van der Waals surface area (Å²) in [6.07, 6.45) is 5.08. The van der Waals surface area contributed by atoms with Crippen LogP contribution < -0.4 is 15.8 Å². The first-order valence-electron chi connectivity index (χ1n) is 8.28. The SMILES string of the molecule is Cc1cccc(Oc2ccc(NC(=O)C3(N)CCCC3)cn2)c1C.Cl.Cl. The van der Waals surface area contributed by atoms with Crippen molar-refractivity contribution in [3.05, 3.63) is 47.7 Å². The average molecular weight is 398 g/mol. The monoisotopic (exact) mass is 397 g/mol. The minimum Gasteiger partial charge on any atom is -0.439 e. The van der Waals surface area contributed by atoms with Crippen molar-refractivity contribution in [1.82, 2.24) is 4.98 Å². The molecule has 5 nitrogen and oxygen atoms in total. The number of carbonyl (C=O) groups is 1. The Bertz CT molecular complexity index is 745. The van der Waals surface area contributed by atoms with Gasteiger partial charge in [0.15, 0.2) is 0 Å². The number of benzene rings is 1. The van der Waals surface area contributed by atoms with Gasteiger partial charge in [-0.3, -0.25) is 4.79 Å². The first-order valence-corrected chi connectivity index (χ1v) is 8.28. The van der Waals surface area contributed by atoms with Crippen LogP contribution in [0.2, 0.25) is 0 Å². The zero-order valence-corrected chi connectivity index (χ0v) is 16.6. The first-order chi connectivity index (χ1) is 11.5. The van der Waals surface area contributed by atoms with Crippen molar-refractivity contribution in [3.63, 3.8) is 0 Å². The number of halogens is 2. The lowest BCUT2D eigenvalue weighted by atomic mass is 9.98. The number of pyridine rings is 1. The number of aryl methyl sites for hydroxylation is 1. The molecule has 1 fully saturated rings. The molecule has 1 saturated carbocycles. The number of carbonyl (C=O) groups excluding carboxylic acids is 1. The van der Waals surface area contributed by atoms with Gasteiger partial charge in [0, 0.05) is 6.07 Å². The highest BCUT2D eigenvalue weighted by Crippen LogP contribution is 2.29. The molecule has 1 amide bonds. The van der Waals surface area contributed by atoms with E-state index in [4.69, 9.17) is 10.5 Å². The topological polar surface area (TPSA) is 77.2 Å². The molecule has 3 N–H and O–H groups in total. The number of rotatable bonds is 4. The van der Waals surface area contributed by atoms with E-state index in [-0.39, 0.29) is 30.7 Å². The number of nitrogens with two attached hydrogens (primary N) is 1. The summed E-state index contributed by atoms with van der Waals surface area (Å²) in [4.78, 5) is 16.6. The van der Waals surface area contributed by atoms with Crippen LogP contribution in [-0.2, 0) is 4.79 Å². The second-order valence-corrected chi connectivity index (χ2v) is 6.50. The third-order valence-corrected chi connectivity index (χ3v) is 4.71. The van der Waals surface area contributed by atoms with Crippen LogP contribution in [0.15, 0.2) is 36.5 Å². The Morgan fingerprint density at radius 2 is 1.85 bits per heavy atom. The molecule has 2 aromatic rings. The Balaban J connectivity index is 0.00000169. The quantitative estimate of drug-likeness (QED) is 0.793. The van der Waals surface area contributed by atoms with Gasteiger partial charge in [0.2, 0.25) is 11.8 Å². The smallest absolute Gasteiger partial charge is 0.244 e. The molecule has 0 spiro atoms. The minimum absolute atomic E-state index is 0. The van der Waals surface area contributed by atoms with Gasteiger partial charge in [0.25, 0.3) is 0 Å². The van der Waals surface area contributed by atoms with Crippen molar-refractivity contribution in [1.29, 1.82) is 0 Å². The van der Waals surface area contributed by atoms with Crippen LogP contribution in [-0.4, -0.2) is 16.4 Å². The lowest BCUT2D eigenvalue weighted by molar-refractivity contribution is -0.121. The van der Waals surface area contributed by atoms with Gasteiger partial charge in [-0.15, -0.1) is 24.8 Å². The van der Waals surface area contributed by atoms with Gasteiger partial charge in [0.05, 0.1) is 17.4 Å². The van der Waals surface area contributed by atoms with Crippen LogP contribution in [0.3, 0.4) is 0 Å². The fourth-order valence-electron chi connectivity index (χ4n) is 2.95. The Labute approximate surface area is 166 Å². The second-order valence-electron chi connectivity index (χ2n) is 6.50. The minimum atomic E-state index is -0.742. The number of ether oxygens (including phenoxy) is 1. The molecule has 0 atom stereocenters. The molecule has 1 aliphatic rings. The van der Waals surface area contributed by atoms with Crippen molar-refractivity contribution >= 4 is 36.4 Å². The van der Waals surface area contributed by atoms with Crippen LogP contribution in [0.5, 0.6) is 11.6 Å². The summed E-state index contributed by atoms with van der Waals surface area (Å²) in [5.74, 6) is 1.14. The van der Waals surface area contributed by atoms with Gasteiger partial charge in [0.1, 0.15) is 5.75 Å².